The van der Waals surface area contributed by atoms with Crippen LogP contribution in [0.1, 0.15) is 16.8 Å². The van der Waals surface area contributed by atoms with Crippen molar-refractivity contribution in [2.24, 2.45) is 0 Å². The highest BCUT2D eigenvalue weighted by Crippen LogP contribution is 2.20. The summed E-state index contributed by atoms with van der Waals surface area (Å²) in [5.41, 5.74) is 1.82. The maximum atomic E-state index is 11.8. The smallest absolute Gasteiger partial charge is 0.254 e. The van der Waals surface area contributed by atoms with Crippen LogP contribution in [0.4, 0.5) is 5.69 Å². The lowest BCUT2D eigenvalue weighted by Crippen LogP contribution is -2.47. The molecule has 25 heavy (non-hydrogen) atoms. The minimum Gasteiger partial charge on any atom is -0.497 e. The summed E-state index contributed by atoms with van der Waals surface area (Å²) >= 11 is 0. The lowest BCUT2D eigenvalue weighted by molar-refractivity contribution is 0.0951. The van der Waals surface area contributed by atoms with Crippen molar-refractivity contribution in [2.75, 3.05) is 51.3 Å². The summed E-state index contributed by atoms with van der Waals surface area (Å²) in [7, 11) is 1.69. The molecule has 6 heteroatoms. The third-order valence-electron chi connectivity index (χ3n) is 4.53. The summed E-state index contributed by atoms with van der Waals surface area (Å²) in [6, 6.07) is 9.91. The zero-order chi connectivity index (χ0) is 17.5. The van der Waals surface area contributed by atoms with E-state index in [1.165, 1.54) is 18.2 Å². The van der Waals surface area contributed by atoms with Crippen molar-refractivity contribution < 1.29 is 13.9 Å². The average Bonchev–Trinajstić information content (AvgIpc) is 3.21. The van der Waals surface area contributed by atoms with E-state index in [0.717, 1.165) is 44.9 Å². The van der Waals surface area contributed by atoms with Gasteiger partial charge in [-0.15, -0.1) is 0 Å². The number of nitrogens with zero attached hydrogens (tertiary/aromatic N) is 2. The monoisotopic (exact) mass is 343 g/mol. The van der Waals surface area contributed by atoms with Crippen LogP contribution in [-0.2, 0) is 0 Å². The van der Waals surface area contributed by atoms with Crippen LogP contribution in [0.3, 0.4) is 0 Å². The Balaban J connectivity index is 1.34. The van der Waals surface area contributed by atoms with Crippen LogP contribution in [0, 0.1) is 0 Å². The number of ether oxygens (including phenoxy) is 1. The Morgan fingerprint density at radius 1 is 1.16 bits per heavy atom. The van der Waals surface area contributed by atoms with Gasteiger partial charge in [-0.3, -0.25) is 9.69 Å². The molecule has 1 amide bonds. The Kier molecular flexibility index (Phi) is 5.95. The molecule has 1 saturated heterocycles. The highest BCUT2D eigenvalue weighted by molar-refractivity contribution is 5.93. The van der Waals surface area contributed by atoms with Gasteiger partial charge in [0.1, 0.15) is 12.0 Å². The molecule has 134 valence electrons. The Labute approximate surface area is 148 Å². The number of amides is 1. The molecule has 0 atom stereocenters. The Bertz CT molecular complexity index is 647. The molecule has 0 saturated carbocycles. The first-order valence-corrected chi connectivity index (χ1v) is 8.68. The third kappa shape index (κ3) is 4.76. The summed E-state index contributed by atoms with van der Waals surface area (Å²) in [5, 5.41) is 2.92. The Hall–Kier alpha value is -2.47. The fourth-order valence-electron chi connectivity index (χ4n) is 3.02. The lowest BCUT2D eigenvalue weighted by Gasteiger charge is -2.36. The number of methoxy groups -OCH3 is 1. The van der Waals surface area contributed by atoms with E-state index in [9.17, 15) is 4.79 Å². The summed E-state index contributed by atoms with van der Waals surface area (Å²) in [6.07, 6.45) is 3.93. The number of carbonyl (C=O) groups is 1. The normalized spacial score (nSPS) is 15.2. The van der Waals surface area contributed by atoms with Gasteiger partial charge < -0.3 is 19.4 Å². The number of hydrogen-bond donors (Lipinski definition) is 1. The van der Waals surface area contributed by atoms with Crippen molar-refractivity contribution in [1.29, 1.82) is 0 Å². The quantitative estimate of drug-likeness (QED) is 0.781. The SMILES string of the molecule is COc1ccc(N2CCN(CCCNC(=O)c3ccoc3)CC2)cc1. The number of benzene rings is 1. The molecule has 3 rings (SSSR count). The van der Waals surface area contributed by atoms with E-state index >= 15 is 0 Å². The minimum atomic E-state index is -0.0712. The second-order valence-electron chi connectivity index (χ2n) is 6.15. The first-order chi connectivity index (χ1) is 12.3. The van der Waals surface area contributed by atoms with E-state index in [0.29, 0.717) is 12.1 Å². The molecule has 1 N–H and O–H groups in total. The van der Waals surface area contributed by atoms with E-state index in [1.54, 1.807) is 13.2 Å². The van der Waals surface area contributed by atoms with Crippen molar-refractivity contribution in [3.63, 3.8) is 0 Å². The molecular weight excluding hydrogens is 318 g/mol. The van der Waals surface area contributed by atoms with Crippen LogP contribution in [0.5, 0.6) is 5.75 Å². The first-order valence-electron chi connectivity index (χ1n) is 8.68. The van der Waals surface area contributed by atoms with Gasteiger partial charge in [0.15, 0.2) is 0 Å². The first kappa shape index (κ1) is 17.4. The topological polar surface area (TPSA) is 58.0 Å². The van der Waals surface area contributed by atoms with E-state index < -0.39 is 0 Å². The van der Waals surface area contributed by atoms with Gasteiger partial charge in [0, 0.05) is 38.4 Å². The van der Waals surface area contributed by atoms with E-state index in [-0.39, 0.29) is 5.91 Å². The van der Waals surface area contributed by atoms with Crippen molar-refractivity contribution in [1.82, 2.24) is 10.2 Å². The number of rotatable bonds is 7. The predicted octanol–water partition coefficient (Wildman–Crippen LogP) is 2.23. The summed E-state index contributed by atoms with van der Waals surface area (Å²) in [6.45, 7) is 5.82. The molecule has 1 aliphatic heterocycles. The maximum absolute atomic E-state index is 11.8. The second kappa shape index (κ2) is 8.58. The van der Waals surface area contributed by atoms with Crippen molar-refractivity contribution in [2.45, 2.75) is 6.42 Å². The highest BCUT2D eigenvalue weighted by Gasteiger charge is 2.17. The van der Waals surface area contributed by atoms with Crippen molar-refractivity contribution in [3.8, 4) is 5.75 Å². The average molecular weight is 343 g/mol. The number of hydrogen-bond acceptors (Lipinski definition) is 5. The van der Waals surface area contributed by atoms with Crippen LogP contribution >= 0.6 is 0 Å². The van der Waals surface area contributed by atoms with Crippen molar-refractivity contribution >= 4 is 11.6 Å². The minimum absolute atomic E-state index is 0.0712. The summed E-state index contributed by atoms with van der Waals surface area (Å²) in [5.74, 6) is 0.818. The van der Waals surface area contributed by atoms with Crippen LogP contribution in [0.25, 0.3) is 0 Å². The molecule has 0 aliphatic carbocycles. The number of anilines is 1. The van der Waals surface area contributed by atoms with Gasteiger partial charge in [-0.2, -0.15) is 0 Å². The Morgan fingerprint density at radius 3 is 2.56 bits per heavy atom. The number of furan rings is 1. The van der Waals surface area contributed by atoms with Gasteiger partial charge in [-0.05, 0) is 43.3 Å². The standard InChI is InChI=1S/C19H25N3O3/c1-24-18-5-3-17(4-6-18)22-12-10-21(11-13-22)9-2-8-20-19(23)16-7-14-25-15-16/h3-7,14-15H,2,8-13H2,1H3,(H,20,23). The molecule has 0 spiro atoms. The highest BCUT2D eigenvalue weighted by atomic mass is 16.5. The van der Waals surface area contributed by atoms with Crippen LogP contribution in [-0.4, -0.2) is 57.2 Å². The molecule has 0 radical (unpaired) electrons. The predicted molar refractivity (Wildman–Crippen MR) is 97.3 cm³/mol. The molecular formula is C19H25N3O3. The van der Waals surface area contributed by atoms with Gasteiger partial charge in [-0.1, -0.05) is 0 Å². The molecule has 1 aromatic carbocycles. The fourth-order valence-corrected chi connectivity index (χ4v) is 3.02. The van der Waals surface area contributed by atoms with Gasteiger partial charge in [0.25, 0.3) is 5.91 Å². The number of carbonyl (C=O) groups excluding carboxylic acids is 1. The maximum Gasteiger partial charge on any atom is 0.254 e. The molecule has 1 fully saturated rings. The Morgan fingerprint density at radius 2 is 1.92 bits per heavy atom. The third-order valence-corrected chi connectivity index (χ3v) is 4.53. The molecule has 0 bridgehead atoms. The van der Waals surface area contributed by atoms with Crippen LogP contribution < -0.4 is 15.0 Å². The number of nitrogens with one attached hydrogen (secondary N) is 1. The zero-order valence-electron chi connectivity index (χ0n) is 14.6. The lowest BCUT2D eigenvalue weighted by atomic mass is 10.2. The molecule has 6 nitrogen and oxygen atoms in total. The largest absolute Gasteiger partial charge is 0.497 e. The van der Waals surface area contributed by atoms with E-state index in [4.69, 9.17) is 9.15 Å². The van der Waals surface area contributed by atoms with Gasteiger partial charge in [-0.25, -0.2) is 0 Å². The van der Waals surface area contributed by atoms with Crippen LogP contribution in [0.15, 0.2) is 47.3 Å². The van der Waals surface area contributed by atoms with Gasteiger partial charge in [0.2, 0.25) is 0 Å². The molecule has 2 aromatic rings. The molecule has 1 aliphatic rings. The summed E-state index contributed by atoms with van der Waals surface area (Å²) in [4.78, 5) is 16.7. The molecule has 1 aromatic heterocycles. The van der Waals surface area contributed by atoms with Gasteiger partial charge in [0.05, 0.1) is 18.9 Å². The summed E-state index contributed by atoms with van der Waals surface area (Å²) < 4.78 is 10.1. The zero-order valence-corrected chi connectivity index (χ0v) is 14.6. The second-order valence-corrected chi connectivity index (χ2v) is 6.15. The fraction of sp³-hybridized carbons (Fsp3) is 0.421. The van der Waals surface area contributed by atoms with Crippen LogP contribution in [0.2, 0.25) is 0 Å². The van der Waals surface area contributed by atoms with Gasteiger partial charge >= 0.3 is 0 Å². The molecule has 2 heterocycles. The van der Waals surface area contributed by atoms with E-state index in [1.807, 2.05) is 12.1 Å². The molecule has 0 unspecified atom stereocenters. The van der Waals surface area contributed by atoms with Crippen molar-refractivity contribution in [3.05, 3.63) is 48.4 Å². The number of piperazine rings is 1. The van der Waals surface area contributed by atoms with E-state index in [2.05, 4.69) is 27.2 Å².